The largest absolute Gasteiger partial charge is 0.390 e. The molecule has 1 aromatic rings. The van der Waals surface area contributed by atoms with Crippen molar-refractivity contribution in [3.05, 3.63) is 54.5 Å². The zero-order valence-corrected chi connectivity index (χ0v) is 10.2. The van der Waals surface area contributed by atoms with Crippen LogP contribution < -0.4 is 0 Å². The highest BCUT2D eigenvalue weighted by Gasteiger charge is 2.09. The molecule has 0 saturated carbocycles. The lowest BCUT2D eigenvalue weighted by Crippen LogP contribution is -2.17. The molecule has 1 aromatic carbocycles. The Hall–Kier alpha value is -1.08. The first kappa shape index (κ1) is 13.0. The van der Waals surface area contributed by atoms with Crippen molar-refractivity contribution in [2.24, 2.45) is 0 Å². The van der Waals surface area contributed by atoms with E-state index in [0.717, 1.165) is 19.3 Å². The van der Waals surface area contributed by atoms with E-state index in [1.54, 1.807) is 0 Å². The fourth-order valence-corrected chi connectivity index (χ4v) is 1.44. The lowest BCUT2D eigenvalue weighted by atomic mass is 10.0. The summed E-state index contributed by atoms with van der Waals surface area (Å²) in [5, 5.41) is 9.51. The van der Waals surface area contributed by atoms with E-state index in [4.69, 9.17) is 0 Å². The normalized spacial score (nSPS) is 12.2. The van der Waals surface area contributed by atoms with E-state index >= 15 is 0 Å². The Morgan fingerprint density at radius 2 is 1.81 bits per heavy atom. The fraction of sp³-hybridized carbons (Fsp3) is 0.400. The van der Waals surface area contributed by atoms with Gasteiger partial charge in [0, 0.05) is 0 Å². The Labute approximate surface area is 98.8 Å². The fourth-order valence-electron chi connectivity index (χ4n) is 1.44. The summed E-state index contributed by atoms with van der Waals surface area (Å²) < 4.78 is 0. The molecule has 1 N–H and O–H groups in total. The predicted octanol–water partition coefficient (Wildman–Crippen LogP) is 3.74. The Bertz CT molecular complexity index is 306. The van der Waals surface area contributed by atoms with Crippen molar-refractivity contribution in [3.8, 4) is 0 Å². The van der Waals surface area contributed by atoms with Gasteiger partial charge in [-0.2, -0.15) is 0 Å². The highest BCUT2D eigenvalue weighted by molar-refractivity contribution is 5.23. The molecule has 0 fully saturated rings. The third-order valence-electron chi connectivity index (χ3n) is 2.38. The van der Waals surface area contributed by atoms with Gasteiger partial charge in [0.25, 0.3) is 0 Å². The zero-order valence-electron chi connectivity index (χ0n) is 10.2. The minimum absolute atomic E-state index is 0.548. The van der Waals surface area contributed by atoms with Crippen LogP contribution in [0.4, 0.5) is 0 Å². The van der Waals surface area contributed by atoms with Gasteiger partial charge in [-0.25, -0.2) is 0 Å². The van der Waals surface area contributed by atoms with Crippen molar-refractivity contribution in [1.82, 2.24) is 0 Å². The molecule has 0 saturated heterocycles. The molecule has 0 amide bonds. The van der Waals surface area contributed by atoms with Gasteiger partial charge in [-0.15, -0.1) is 0 Å². The van der Waals surface area contributed by atoms with Gasteiger partial charge < -0.3 is 5.11 Å². The van der Waals surface area contributed by atoms with E-state index in [9.17, 15) is 5.11 Å². The third-order valence-corrected chi connectivity index (χ3v) is 2.38. The molecule has 0 aliphatic heterocycles. The van der Waals surface area contributed by atoms with Crippen LogP contribution >= 0.6 is 0 Å². The van der Waals surface area contributed by atoms with Crippen LogP contribution in [0.1, 0.15) is 38.7 Å². The average Bonchev–Trinajstić information content (AvgIpc) is 2.23. The molecule has 1 heteroatoms. The molecule has 87 valence electrons. The Morgan fingerprint density at radius 3 is 2.44 bits per heavy atom. The molecule has 0 bridgehead atoms. The van der Waals surface area contributed by atoms with Gasteiger partial charge >= 0.3 is 0 Å². The van der Waals surface area contributed by atoms with Crippen molar-refractivity contribution >= 4 is 0 Å². The quantitative estimate of drug-likeness (QED) is 0.720. The van der Waals surface area contributed by atoms with Crippen LogP contribution in [0, 0.1) is 6.42 Å². The van der Waals surface area contributed by atoms with Crippen LogP contribution in [0.25, 0.3) is 0 Å². The van der Waals surface area contributed by atoms with E-state index in [0.29, 0.717) is 0 Å². The summed E-state index contributed by atoms with van der Waals surface area (Å²) in [6.07, 6.45) is 9.19. The highest BCUT2D eigenvalue weighted by atomic mass is 16.3. The summed E-state index contributed by atoms with van der Waals surface area (Å²) in [7, 11) is 0. The first-order valence-electron chi connectivity index (χ1n) is 5.83. The minimum Gasteiger partial charge on any atom is -0.390 e. The molecule has 0 unspecified atom stereocenters. The Balaban J connectivity index is 2.14. The summed E-state index contributed by atoms with van der Waals surface area (Å²) >= 11 is 0. The highest BCUT2D eigenvalue weighted by Crippen LogP contribution is 2.11. The Kier molecular flexibility index (Phi) is 5.27. The Morgan fingerprint density at radius 1 is 1.12 bits per heavy atom. The monoisotopic (exact) mass is 217 g/mol. The molecule has 16 heavy (non-hydrogen) atoms. The number of hydrogen-bond donors (Lipinski definition) is 1. The van der Waals surface area contributed by atoms with Crippen molar-refractivity contribution in [2.45, 2.75) is 38.7 Å². The van der Waals surface area contributed by atoms with Crippen molar-refractivity contribution in [1.29, 1.82) is 0 Å². The standard InChI is InChI=1S/C15H21O/c1-15(2,16)13-9-4-3-6-10-14-11-7-5-8-12-14/h3-5,7-8,10-12,16H,6,9,13H2,1-2H3. The number of allylic oxidation sites excluding steroid dienone is 2. The second kappa shape index (κ2) is 6.49. The second-order valence-corrected chi connectivity index (χ2v) is 4.67. The molecule has 0 atom stereocenters. The molecular weight excluding hydrogens is 196 g/mol. The summed E-state index contributed by atoms with van der Waals surface area (Å²) in [6, 6.07) is 10.3. The molecule has 0 aliphatic carbocycles. The smallest absolute Gasteiger partial charge is 0.0594 e. The molecule has 0 aromatic heterocycles. The maximum absolute atomic E-state index is 9.51. The van der Waals surface area contributed by atoms with Crippen molar-refractivity contribution < 1.29 is 5.11 Å². The average molecular weight is 217 g/mol. The van der Waals surface area contributed by atoms with Gasteiger partial charge in [-0.3, -0.25) is 0 Å². The van der Waals surface area contributed by atoms with Crippen LogP contribution in [0.15, 0.2) is 42.5 Å². The zero-order chi connectivity index (χ0) is 11.9. The maximum Gasteiger partial charge on any atom is 0.0594 e. The maximum atomic E-state index is 9.51. The molecule has 0 aliphatic rings. The topological polar surface area (TPSA) is 20.2 Å². The van der Waals surface area contributed by atoms with Crippen LogP contribution in [0.3, 0.4) is 0 Å². The summed E-state index contributed by atoms with van der Waals surface area (Å²) in [6.45, 7) is 3.69. The second-order valence-electron chi connectivity index (χ2n) is 4.67. The predicted molar refractivity (Wildman–Crippen MR) is 69.1 cm³/mol. The van der Waals surface area contributed by atoms with Gasteiger partial charge in [0.2, 0.25) is 0 Å². The van der Waals surface area contributed by atoms with Crippen LogP contribution in [0.5, 0.6) is 0 Å². The lowest BCUT2D eigenvalue weighted by Gasteiger charge is -2.14. The molecule has 1 nitrogen and oxygen atoms in total. The van der Waals surface area contributed by atoms with Crippen LogP contribution in [0.2, 0.25) is 0 Å². The number of hydrogen-bond acceptors (Lipinski definition) is 1. The molecule has 0 spiro atoms. The molecule has 0 heterocycles. The van der Waals surface area contributed by atoms with Gasteiger partial charge in [0.15, 0.2) is 0 Å². The van der Waals surface area contributed by atoms with Crippen molar-refractivity contribution in [3.63, 3.8) is 0 Å². The third kappa shape index (κ3) is 6.41. The van der Waals surface area contributed by atoms with Crippen LogP contribution in [-0.2, 0) is 0 Å². The van der Waals surface area contributed by atoms with E-state index in [-0.39, 0.29) is 0 Å². The number of aliphatic hydroxyl groups is 1. The minimum atomic E-state index is -0.548. The summed E-state index contributed by atoms with van der Waals surface area (Å²) in [5.41, 5.74) is 0.711. The van der Waals surface area contributed by atoms with E-state index in [1.165, 1.54) is 5.56 Å². The lowest BCUT2D eigenvalue weighted by molar-refractivity contribution is 0.0721. The van der Waals surface area contributed by atoms with Gasteiger partial charge in [-0.05, 0) is 45.1 Å². The van der Waals surface area contributed by atoms with Gasteiger partial charge in [0.05, 0.1) is 5.60 Å². The molecule has 1 radical (unpaired) electrons. The molecule has 1 rings (SSSR count). The summed E-state index contributed by atoms with van der Waals surface area (Å²) in [5.74, 6) is 0. The first-order valence-corrected chi connectivity index (χ1v) is 5.83. The van der Waals surface area contributed by atoms with Crippen LogP contribution in [-0.4, -0.2) is 10.7 Å². The summed E-state index contributed by atoms with van der Waals surface area (Å²) in [4.78, 5) is 0. The van der Waals surface area contributed by atoms with Gasteiger partial charge in [-0.1, -0.05) is 42.5 Å². The van der Waals surface area contributed by atoms with E-state index in [2.05, 4.69) is 30.7 Å². The van der Waals surface area contributed by atoms with E-state index in [1.807, 2.05) is 32.0 Å². The number of benzene rings is 1. The SMILES string of the molecule is CC(C)(O)CCC=CC[CH]c1ccccc1. The molecular formula is C15H21O. The number of rotatable bonds is 6. The first-order chi connectivity index (χ1) is 7.58. The van der Waals surface area contributed by atoms with Crippen molar-refractivity contribution in [2.75, 3.05) is 0 Å². The van der Waals surface area contributed by atoms with Gasteiger partial charge in [0.1, 0.15) is 0 Å². The van der Waals surface area contributed by atoms with E-state index < -0.39 is 5.60 Å².